The highest BCUT2D eigenvalue weighted by molar-refractivity contribution is 5.73. The monoisotopic (exact) mass is 468 g/mol. The quantitative estimate of drug-likeness (QED) is 0.589. The zero-order valence-corrected chi connectivity index (χ0v) is 20.2. The lowest BCUT2D eigenvalue weighted by Gasteiger charge is -2.63. The first-order valence-corrected chi connectivity index (χ1v) is 13.3. The van der Waals surface area contributed by atoms with Crippen molar-refractivity contribution in [2.45, 2.75) is 68.7 Å². The topological polar surface area (TPSA) is 57.9 Å². The van der Waals surface area contributed by atoms with Crippen molar-refractivity contribution in [3.63, 3.8) is 0 Å². The highest BCUT2D eigenvalue weighted by atomic mass is 16.5. The number of nitrogens with zero attached hydrogens (tertiary/aromatic N) is 2. The molecule has 5 heteroatoms. The molecule has 1 spiro atoms. The van der Waals surface area contributed by atoms with Gasteiger partial charge < -0.3 is 19.5 Å². The molecular formula is C30H32N2O3. The van der Waals surface area contributed by atoms with E-state index in [-0.39, 0.29) is 17.9 Å². The van der Waals surface area contributed by atoms with Gasteiger partial charge in [-0.05, 0) is 67.8 Å². The Morgan fingerprint density at radius 1 is 1.11 bits per heavy atom. The van der Waals surface area contributed by atoms with Crippen LogP contribution in [0.5, 0.6) is 11.5 Å². The van der Waals surface area contributed by atoms with E-state index < -0.39 is 11.0 Å². The van der Waals surface area contributed by atoms with Gasteiger partial charge in [0.05, 0.1) is 16.7 Å². The van der Waals surface area contributed by atoms with Crippen LogP contribution < -0.4 is 4.74 Å². The number of aromatic hydroxyl groups is 1. The molecule has 2 N–H and O–H groups in total. The van der Waals surface area contributed by atoms with Crippen molar-refractivity contribution in [3.05, 3.63) is 71.0 Å². The Kier molecular flexibility index (Phi) is 3.92. The number of aryl methyl sites for hydroxylation is 1. The van der Waals surface area contributed by atoms with Crippen LogP contribution in [0.2, 0.25) is 0 Å². The molecule has 0 amide bonds. The van der Waals surface area contributed by atoms with Crippen LogP contribution in [-0.2, 0) is 24.8 Å². The van der Waals surface area contributed by atoms with Gasteiger partial charge in [0.1, 0.15) is 0 Å². The molecular weight excluding hydrogens is 436 g/mol. The van der Waals surface area contributed by atoms with E-state index >= 15 is 0 Å². The van der Waals surface area contributed by atoms with Crippen molar-refractivity contribution in [1.29, 1.82) is 0 Å². The third-order valence-corrected chi connectivity index (χ3v) is 9.86. The summed E-state index contributed by atoms with van der Waals surface area (Å²) in [5.74, 6) is 1.59. The van der Waals surface area contributed by atoms with Gasteiger partial charge in [-0.1, -0.05) is 36.4 Å². The fourth-order valence-electron chi connectivity index (χ4n) is 8.16. The number of phenolic OH excluding ortho intramolecular Hbond substituents is 1. The highest BCUT2D eigenvalue weighted by Gasteiger charge is 2.73. The van der Waals surface area contributed by atoms with Crippen LogP contribution in [0.15, 0.2) is 48.7 Å². The van der Waals surface area contributed by atoms with Crippen molar-refractivity contribution in [1.82, 2.24) is 9.47 Å². The van der Waals surface area contributed by atoms with Crippen LogP contribution in [0.1, 0.15) is 54.7 Å². The SMILES string of the molecule is CCn1cc(-c2ccccc2)c2c1[C@@H]1Oc3c(O)ccc4c3[C@@]13CCN(CC1CC1)[C@@H](C4)[C@]3(O)C2. The van der Waals surface area contributed by atoms with E-state index in [0.29, 0.717) is 12.2 Å². The summed E-state index contributed by atoms with van der Waals surface area (Å²) >= 11 is 0. The second kappa shape index (κ2) is 6.71. The zero-order valence-electron chi connectivity index (χ0n) is 20.2. The van der Waals surface area contributed by atoms with Gasteiger partial charge in [-0.2, -0.15) is 0 Å². The first kappa shape index (κ1) is 20.4. The summed E-state index contributed by atoms with van der Waals surface area (Å²) in [5, 5.41) is 23.9. The number of phenols is 1. The number of hydrogen-bond acceptors (Lipinski definition) is 4. The van der Waals surface area contributed by atoms with Crippen LogP contribution in [-0.4, -0.2) is 44.4 Å². The van der Waals surface area contributed by atoms with E-state index in [2.05, 4.69) is 59.0 Å². The molecule has 2 fully saturated rings. The number of fused-ring (bicyclic) bond motifs is 2. The number of benzene rings is 2. The predicted molar refractivity (Wildman–Crippen MR) is 134 cm³/mol. The van der Waals surface area contributed by atoms with E-state index in [1.807, 2.05) is 0 Å². The summed E-state index contributed by atoms with van der Waals surface area (Å²) in [7, 11) is 0. The number of ether oxygens (including phenoxy) is 1. The van der Waals surface area contributed by atoms with Crippen LogP contribution in [0, 0.1) is 5.92 Å². The van der Waals surface area contributed by atoms with E-state index in [1.54, 1.807) is 6.07 Å². The molecule has 4 atom stereocenters. The predicted octanol–water partition coefficient (Wildman–Crippen LogP) is 4.58. The van der Waals surface area contributed by atoms with E-state index in [1.165, 1.54) is 40.8 Å². The Bertz CT molecular complexity index is 1360. The molecule has 0 unspecified atom stereocenters. The van der Waals surface area contributed by atoms with E-state index in [4.69, 9.17) is 4.74 Å². The fraction of sp³-hybridized carbons (Fsp3) is 0.467. The lowest BCUT2D eigenvalue weighted by atomic mass is 9.49. The third kappa shape index (κ3) is 2.41. The molecule has 2 bridgehead atoms. The van der Waals surface area contributed by atoms with Crippen LogP contribution >= 0.6 is 0 Å². The third-order valence-electron chi connectivity index (χ3n) is 9.86. The smallest absolute Gasteiger partial charge is 0.166 e. The molecule has 2 aromatic carbocycles. The maximum absolute atomic E-state index is 13.0. The van der Waals surface area contributed by atoms with Crippen LogP contribution in [0.4, 0.5) is 0 Å². The lowest BCUT2D eigenvalue weighted by molar-refractivity contribution is -0.173. The minimum Gasteiger partial charge on any atom is -0.504 e. The second-order valence-corrected chi connectivity index (χ2v) is 11.5. The molecule has 2 aliphatic heterocycles. The minimum absolute atomic E-state index is 0.0627. The maximum atomic E-state index is 13.0. The average Bonchev–Trinajstić information content (AvgIpc) is 3.50. The van der Waals surface area contributed by atoms with Crippen molar-refractivity contribution >= 4 is 0 Å². The van der Waals surface area contributed by atoms with Gasteiger partial charge in [-0.25, -0.2) is 0 Å². The van der Waals surface area contributed by atoms with Gasteiger partial charge in [-0.3, -0.25) is 4.90 Å². The summed E-state index contributed by atoms with van der Waals surface area (Å²) in [4.78, 5) is 2.60. The molecule has 3 aromatic rings. The first-order valence-electron chi connectivity index (χ1n) is 13.3. The van der Waals surface area contributed by atoms with E-state index in [9.17, 15) is 10.2 Å². The Balaban J connectivity index is 1.40. The summed E-state index contributed by atoms with van der Waals surface area (Å²) in [6.45, 7) is 5.09. The first-order chi connectivity index (χ1) is 17.0. The molecule has 180 valence electrons. The Morgan fingerprint density at radius 3 is 2.71 bits per heavy atom. The molecule has 5 nitrogen and oxygen atoms in total. The average molecular weight is 469 g/mol. The summed E-state index contributed by atoms with van der Waals surface area (Å²) in [6, 6.07) is 14.5. The summed E-state index contributed by atoms with van der Waals surface area (Å²) in [5.41, 5.74) is 5.67. The van der Waals surface area contributed by atoms with Gasteiger partial charge in [-0.15, -0.1) is 0 Å². The van der Waals surface area contributed by atoms with E-state index in [0.717, 1.165) is 44.0 Å². The van der Waals surface area contributed by atoms with Gasteiger partial charge in [0.2, 0.25) is 0 Å². The van der Waals surface area contributed by atoms with Gasteiger partial charge >= 0.3 is 0 Å². The Labute approximate surface area is 206 Å². The molecule has 5 aliphatic rings. The molecule has 1 saturated carbocycles. The summed E-state index contributed by atoms with van der Waals surface area (Å²) in [6.07, 6.45) is 6.89. The van der Waals surface area contributed by atoms with Crippen molar-refractivity contribution in [2.24, 2.45) is 5.92 Å². The molecule has 0 radical (unpaired) electrons. The number of rotatable bonds is 4. The fourth-order valence-corrected chi connectivity index (χ4v) is 8.16. The Morgan fingerprint density at radius 2 is 1.94 bits per heavy atom. The molecule has 3 aliphatic carbocycles. The lowest BCUT2D eigenvalue weighted by Crippen LogP contribution is -2.74. The number of hydrogen-bond donors (Lipinski definition) is 2. The molecule has 3 heterocycles. The maximum Gasteiger partial charge on any atom is 0.166 e. The second-order valence-electron chi connectivity index (χ2n) is 11.5. The minimum atomic E-state index is -0.937. The van der Waals surface area contributed by atoms with Crippen molar-refractivity contribution in [2.75, 3.05) is 13.1 Å². The van der Waals surface area contributed by atoms with Gasteiger partial charge in [0, 0.05) is 42.9 Å². The number of aromatic nitrogens is 1. The molecule has 35 heavy (non-hydrogen) atoms. The van der Waals surface area contributed by atoms with Crippen LogP contribution in [0.3, 0.4) is 0 Å². The van der Waals surface area contributed by atoms with Gasteiger partial charge in [0.25, 0.3) is 0 Å². The largest absolute Gasteiger partial charge is 0.504 e. The molecule has 1 saturated heterocycles. The zero-order chi connectivity index (χ0) is 23.5. The number of aliphatic hydroxyl groups is 1. The highest BCUT2D eigenvalue weighted by Crippen LogP contribution is 2.69. The summed E-state index contributed by atoms with van der Waals surface area (Å²) < 4.78 is 9.10. The van der Waals surface area contributed by atoms with Crippen molar-refractivity contribution in [3.8, 4) is 22.6 Å². The molecule has 1 aromatic heterocycles. The normalized spacial score (nSPS) is 32.2. The van der Waals surface area contributed by atoms with Gasteiger partial charge in [0.15, 0.2) is 17.6 Å². The Hall–Kier alpha value is -2.76. The number of likely N-dealkylation sites (tertiary alicyclic amines) is 1. The number of piperidine rings is 1. The van der Waals surface area contributed by atoms with Crippen LogP contribution in [0.25, 0.3) is 11.1 Å². The standard InChI is InChI=1S/C30H32N2O3/c1-2-31-17-22(19-6-4-3-5-7-19)21-15-30(34)24-14-20-10-11-23(33)27-25(20)29(30,28(35-27)26(21)31)12-13-32(24)16-18-8-9-18/h3-7,10-11,17-18,24,28,33-34H,2,8-9,12-16H2,1H3/t24-,28-,29-,30+/m0/s1. The van der Waals surface area contributed by atoms with Crippen molar-refractivity contribution < 1.29 is 14.9 Å². The molecule has 8 rings (SSSR count).